The van der Waals surface area contributed by atoms with Gasteiger partial charge in [0.1, 0.15) is 6.54 Å². The van der Waals surface area contributed by atoms with Crippen molar-refractivity contribution in [3.05, 3.63) is 95.6 Å². The largest absolute Gasteiger partial charge is 0.324 e. The van der Waals surface area contributed by atoms with Crippen LogP contribution in [0.1, 0.15) is 36.5 Å². The number of anilines is 1. The molecule has 1 amide bonds. The summed E-state index contributed by atoms with van der Waals surface area (Å²) in [6.07, 6.45) is 0.745. The summed E-state index contributed by atoms with van der Waals surface area (Å²) in [6, 6.07) is 26.1. The zero-order valence-electron chi connectivity index (χ0n) is 17.7. The monoisotopic (exact) mass is 411 g/mol. The van der Waals surface area contributed by atoms with Crippen molar-refractivity contribution in [2.75, 3.05) is 5.32 Å². The van der Waals surface area contributed by atoms with E-state index in [0.29, 0.717) is 11.7 Å². The van der Waals surface area contributed by atoms with E-state index in [4.69, 9.17) is 0 Å². The van der Waals surface area contributed by atoms with Crippen LogP contribution >= 0.6 is 0 Å². The number of carbonyl (C=O) groups excluding carboxylic acids is 1. The van der Waals surface area contributed by atoms with Gasteiger partial charge in [-0.1, -0.05) is 86.6 Å². The summed E-state index contributed by atoms with van der Waals surface area (Å²) in [4.78, 5) is 13.9. The molecule has 0 aliphatic heterocycles. The van der Waals surface area contributed by atoms with E-state index in [2.05, 4.69) is 58.8 Å². The Bertz CT molecular complexity index is 1150. The van der Waals surface area contributed by atoms with Crippen molar-refractivity contribution in [2.24, 2.45) is 0 Å². The summed E-state index contributed by atoms with van der Waals surface area (Å²) in [7, 11) is 0. The smallest absolute Gasteiger partial charge is 0.248 e. The van der Waals surface area contributed by atoms with Crippen molar-refractivity contribution in [1.29, 1.82) is 0 Å². The standard InChI is InChI=1S/C25H25N5O/c1-18(2)20-12-14-21(15-13-20)25-27-29-30(28-25)17-24(31)26-23-11-7-6-10-22(23)16-19-8-4-3-5-9-19/h3-15,18H,16-17H2,1-2H3,(H,26,31). The van der Waals surface area contributed by atoms with Gasteiger partial charge in [-0.3, -0.25) is 4.79 Å². The molecular weight excluding hydrogens is 386 g/mol. The molecule has 6 heteroatoms. The van der Waals surface area contributed by atoms with Crippen LogP contribution in [-0.4, -0.2) is 26.1 Å². The summed E-state index contributed by atoms with van der Waals surface area (Å²) in [5.74, 6) is 0.776. The number of nitrogens with one attached hydrogen (secondary N) is 1. The molecule has 0 saturated heterocycles. The maximum Gasteiger partial charge on any atom is 0.248 e. The van der Waals surface area contributed by atoms with Gasteiger partial charge in [-0.15, -0.1) is 10.2 Å². The van der Waals surface area contributed by atoms with Crippen LogP contribution in [0.25, 0.3) is 11.4 Å². The molecule has 0 saturated carbocycles. The first kappa shape index (κ1) is 20.5. The quantitative estimate of drug-likeness (QED) is 0.479. The summed E-state index contributed by atoms with van der Waals surface area (Å²) < 4.78 is 0. The van der Waals surface area contributed by atoms with Crippen LogP contribution in [0.5, 0.6) is 0 Å². The number of aromatic nitrogens is 4. The van der Waals surface area contributed by atoms with Crippen molar-refractivity contribution >= 4 is 11.6 Å². The van der Waals surface area contributed by atoms with Gasteiger partial charge in [-0.05, 0) is 40.3 Å². The lowest BCUT2D eigenvalue weighted by molar-refractivity contribution is -0.117. The molecule has 0 radical (unpaired) electrons. The van der Waals surface area contributed by atoms with Crippen LogP contribution in [0, 0.1) is 0 Å². The Labute approximate surface area is 181 Å². The fourth-order valence-electron chi connectivity index (χ4n) is 3.37. The number of amides is 1. The molecule has 0 aliphatic rings. The molecule has 4 aromatic rings. The minimum Gasteiger partial charge on any atom is -0.324 e. The molecular formula is C25H25N5O. The van der Waals surface area contributed by atoms with Gasteiger partial charge >= 0.3 is 0 Å². The Morgan fingerprint density at radius 3 is 2.39 bits per heavy atom. The van der Waals surface area contributed by atoms with Crippen molar-refractivity contribution in [3.63, 3.8) is 0 Å². The zero-order chi connectivity index (χ0) is 21.6. The number of benzene rings is 3. The van der Waals surface area contributed by atoms with Crippen LogP contribution in [-0.2, 0) is 17.8 Å². The molecule has 0 bridgehead atoms. The van der Waals surface area contributed by atoms with E-state index in [1.54, 1.807) is 0 Å². The molecule has 0 spiro atoms. The van der Waals surface area contributed by atoms with Crippen LogP contribution in [0.15, 0.2) is 78.9 Å². The Hall–Kier alpha value is -3.80. The molecule has 0 atom stereocenters. The minimum atomic E-state index is -0.195. The number of para-hydroxylation sites is 1. The van der Waals surface area contributed by atoms with Gasteiger partial charge in [-0.25, -0.2) is 0 Å². The highest BCUT2D eigenvalue weighted by atomic mass is 16.2. The highest BCUT2D eigenvalue weighted by Gasteiger charge is 2.12. The second kappa shape index (κ2) is 9.34. The molecule has 3 aromatic carbocycles. The average molecular weight is 412 g/mol. The highest BCUT2D eigenvalue weighted by Crippen LogP contribution is 2.20. The molecule has 0 fully saturated rings. The van der Waals surface area contributed by atoms with E-state index in [9.17, 15) is 4.79 Å². The third-order valence-electron chi connectivity index (χ3n) is 5.10. The second-order valence-electron chi connectivity index (χ2n) is 7.79. The second-order valence-corrected chi connectivity index (χ2v) is 7.79. The Morgan fingerprint density at radius 2 is 1.65 bits per heavy atom. The molecule has 156 valence electrons. The van der Waals surface area contributed by atoms with Gasteiger partial charge in [0.15, 0.2) is 0 Å². The Kier molecular flexibility index (Phi) is 6.17. The van der Waals surface area contributed by atoms with Crippen molar-refractivity contribution in [2.45, 2.75) is 32.7 Å². The first-order chi connectivity index (χ1) is 15.1. The van der Waals surface area contributed by atoms with Gasteiger partial charge in [0.05, 0.1) is 0 Å². The normalized spacial score (nSPS) is 10.9. The van der Waals surface area contributed by atoms with Crippen molar-refractivity contribution in [3.8, 4) is 11.4 Å². The first-order valence-corrected chi connectivity index (χ1v) is 10.4. The van der Waals surface area contributed by atoms with E-state index in [1.165, 1.54) is 15.9 Å². The van der Waals surface area contributed by atoms with Gasteiger partial charge in [-0.2, -0.15) is 4.80 Å². The fraction of sp³-hybridized carbons (Fsp3) is 0.200. The molecule has 6 nitrogen and oxygen atoms in total. The van der Waals surface area contributed by atoms with Crippen LogP contribution < -0.4 is 5.32 Å². The number of hydrogen-bond donors (Lipinski definition) is 1. The molecule has 0 unspecified atom stereocenters. The SMILES string of the molecule is CC(C)c1ccc(-c2nnn(CC(=O)Nc3ccccc3Cc3ccccc3)n2)cc1. The molecule has 0 aliphatic carbocycles. The summed E-state index contributed by atoms with van der Waals surface area (Å²) in [6.45, 7) is 4.30. The van der Waals surface area contributed by atoms with Gasteiger partial charge in [0.2, 0.25) is 11.7 Å². The van der Waals surface area contributed by atoms with Gasteiger partial charge in [0, 0.05) is 11.3 Å². The number of rotatable bonds is 7. The lowest BCUT2D eigenvalue weighted by atomic mass is 10.0. The lowest BCUT2D eigenvalue weighted by Crippen LogP contribution is -2.21. The Morgan fingerprint density at radius 1 is 0.935 bits per heavy atom. The minimum absolute atomic E-state index is 0.00323. The van der Waals surface area contributed by atoms with E-state index in [0.717, 1.165) is 23.2 Å². The average Bonchev–Trinajstić information content (AvgIpc) is 3.24. The number of carbonyl (C=O) groups is 1. The van der Waals surface area contributed by atoms with E-state index in [-0.39, 0.29) is 12.5 Å². The highest BCUT2D eigenvalue weighted by molar-refractivity contribution is 5.91. The number of tetrazole rings is 1. The van der Waals surface area contributed by atoms with Gasteiger partial charge in [0.25, 0.3) is 0 Å². The molecule has 1 heterocycles. The molecule has 1 N–H and O–H groups in total. The maximum atomic E-state index is 12.6. The molecule has 4 rings (SSSR count). The van der Waals surface area contributed by atoms with E-state index < -0.39 is 0 Å². The number of nitrogens with zero attached hydrogens (tertiary/aromatic N) is 4. The Balaban J connectivity index is 1.42. The zero-order valence-corrected chi connectivity index (χ0v) is 17.7. The fourth-order valence-corrected chi connectivity index (χ4v) is 3.37. The summed E-state index contributed by atoms with van der Waals surface area (Å²) in [5, 5.41) is 15.5. The summed E-state index contributed by atoms with van der Waals surface area (Å²) >= 11 is 0. The number of hydrogen-bond acceptors (Lipinski definition) is 4. The van der Waals surface area contributed by atoms with Gasteiger partial charge < -0.3 is 5.32 Å². The van der Waals surface area contributed by atoms with Crippen LogP contribution in [0.4, 0.5) is 5.69 Å². The van der Waals surface area contributed by atoms with Crippen LogP contribution in [0.3, 0.4) is 0 Å². The lowest BCUT2D eigenvalue weighted by Gasteiger charge is -2.11. The maximum absolute atomic E-state index is 12.6. The van der Waals surface area contributed by atoms with E-state index in [1.807, 2.05) is 54.6 Å². The van der Waals surface area contributed by atoms with E-state index >= 15 is 0 Å². The third kappa shape index (κ3) is 5.22. The first-order valence-electron chi connectivity index (χ1n) is 10.4. The van der Waals surface area contributed by atoms with Crippen molar-refractivity contribution in [1.82, 2.24) is 20.2 Å². The predicted molar refractivity (Wildman–Crippen MR) is 122 cm³/mol. The van der Waals surface area contributed by atoms with Crippen molar-refractivity contribution < 1.29 is 4.79 Å². The van der Waals surface area contributed by atoms with Crippen LogP contribution in [0.2, 0.25) is 0 Å². The summed E-state index contributed by atoms with van der Waals surface area (Å²) in [5.41, 5.74) is 5.17. The molecule has 1 aromatic heterocycles. The topological polar surface area (TPSA) is 72.7 Å². The predicted octanol–water partition coefficient (Wildman–Crippen LogP) is 4.69. The third-order valence-corrected chi connectivity index (χ3v) is 5.10. The molecule has 31 heavy (non-hydrogen) atoms.